The molecule has 2 saturated carbocycles. The molecule has 4 rings (SSSR count). The molecule has 2 aliphatic rings. The maximum atomic E-state index is 2.35. The number of rotatable bonds is 4. The number of hydrogen-bond donors (Lipinski definition) is 0. The summed E-state index contributed by atoms with van der Waals surface area (Å²) in [5, 5.41) is 0. The summed E-state index contributed by atoms with van der Waals surface area (Å²) in [6, 6.07) is 19.1. The molecule has 2 aromatic rings. The zero-order valence-corrected chi connectivity index (χ0v) is 16.0. The summed E-state index contributed by atoms with van der Waals surface area (Å²) in [7, 11) is 0.287. The molecule has 0 aliphatic heterocycles. The van der Waals surface area contributed by atoms with E-state index in [0.717, 1.165) is 11.3 Å². The quantitative estimate of drug-likeness (QED) is 0.321. The van der Waals surface area contributed by atoms with Crippen LogP contribution in [0.5, 0.6) is 0 Å². The average Bonchev–Trinajstić information content (AvgIpc) is 3.39. The van der Waals surface area contributed by atoms with Gasteiger partial charge in [-0.2, -0.15) is 35.9 Å². The maximum Gasteiger partial charge on any atom is 2.00 e. The van der Waals surface area contributed by atoms with Crippen LogP contribution in [0.3, 0.4) is 0 Å². The van der Waals surface area contributed by atoms with E-state index in [2.05, 4.69) is 24.3 Å². The minimum Gasteiger partial charge on any atom is -0.214 e. The third-order valence-electron chi connectivity index (χ3n) is 5.24. The van der Waals surface area contributed by atoms with Gasteiger partial charge in [-0.15, -0.1) is 0 Å². The zero-order chi connectivity index (χ0) is 15.0. The van der Waals surface area contributed by atoms with Crippen molar-refractivity contribution in [3.63, 3.8) is 0 Å². The van der Waals surface area contributed by atoms with Gasteiger partial charge in [0.2, 0.25) is 0 Å². The van der Waals surface area contributed by atoms with Gasteiger partial charge in [0.05, 0.1) is 0 Å². The molecular weight excluding hydrogens is 339 g/mol. The van der Waals surface area contributed by atoms with Crippen molar-refractivity contribution >= 4 is 7.92 Å². The Bertz CT molecular complexity index is 443. The van der Waals surface area contributed by atoms with Crippen molar-refractivity contribution in [1.82, 2.24) is 0 Å². The average molecular weight is 368 g/mol. The van der Waals surface area contributed by atoms with Crippen LogP contribution in [0.1, 0.15) is 56.9 Å². The van der Waals surface area contributed by atoms with E-state index in [1.165, 1.54) is 31.8 Å². The van der Waals surface area contributed by atoms with Gasteiger partial charge in [0.1, 0.15) is 0 Å². The first-order valence-corrected chi connectivity index (χ1v) is 10.7. The molecule has 0 nitrogen and oxygen atoms in total. The monoisotopic (exact) mass is 368 g/mol. The van der Waals surface area contributed by atoms with Crippen molar-refractivity contribution in [2.24, 2.45) is 0 Å². The molecule has 0 radical (unpaired) electrons. The predicted octanol–water partition coefficient (Wildman–Crippen LogP) is 6.68. The second kappa shape index (κ2) is 10.5. The Morgan fingerprint density at radius 2 is 1.39 bits per heavy atom. The molecule has 0 spiro atoms. The van der Waals surface area contributed by atoms with E-state index in [0.29, 0.717) is 0 Å². The van der Waals surface area contributed by atoms with Crippen LogP contribution in [0.15, 0.2) is 54.6 Å². The molecule has 23 heavy (non-hydrogen) atoms. The van der Waals surface area contributed by atoms with E-state index in [9.17, 15) is 0 Å². The fourth-order valence-corrected chi connectivity index (χ4v) is 7.88. The van der Waals surface area contributed by atoms with E-state index < -0.39 is 0 Å². The van der Waals surface area contributed by atoms with E-state index in [1.54, 1.807) is 31.2 Å². The Morgan fingerprint density at radius 1 is 0.826 bits per heavy atom. The summed E-state index contributed by atoms with van der Waals surface area (Å²) in [6.45, 7) is 0. The van der Waals surface area contributed by atoms with Crippen molar-refractivity contribution in [2.45, 2.75) is 68.8 Å². The predicted molar refractivity (Wildman–Crippen MR) is 99.2 cm³/mol. The smallest absolute Gasteiger partial charge is 0.214 e. The topological polar surface area (TPSA) is 0 Å². The Kier molecular flexibility index (Phi) is 8.67. The van der Waals surface area contributed by atoms with Crippen molar-refractivity contribution < 1.29 is 17.1 Å². The Hall–Kier alpha value is -0.351. The molecule has 0 unspecified atom stereocenters. The van der Waals surface area contributed by atoms with Crippen molar-refractivity contribution in [3.05, 3.63) is 60.2 Å². The minimum absolute atomic E-state index is 0. The zero-order valence-electron chi connectivity index (χ0n) is 14.0. The fraction of sp³-hybridized carbons (Fsp3) is 0.524. The molecular formula is C21H29FeP. The van der Waals surface area contributed by atoms with Crippen LogP contribution in [0, 0.1) is 0 Å². The van der Waals surface area contributed by atoms with E-state index in [4.69, 9.17) is 0 Å². The van der Waals surface area contributed by atoms with Gasteiger partial charge in [0, 0.05) is 0 Å². The van der Waals surface area contributed by atoms with Gasteiger partial charge >= 0.3 is 17.1 Å². The molecule has 0 saturated heterocycles. The third kappa shape index (κ3) is 5.90. The molecule has 126 valence electrons. The van der Waals surface area contributed by atoms with Gasteiger partial charge in [0.25, 0.3) is 0 Å². The SMILES string of the molecule is [Fe+2].c1c[cH-]c(CP(C2CCCC2)C2CCCC2)c1.c1cc[cH-]c1. The summed E-state index contributed by atoms with van der Waals surface area (Å²) >= 11 is 0. The summed E-state index contributed by atoms with van der Waals surface area (Å²) in [4.78, 5) is 0. The second-order valence-corrected chi connectivity index (χ2v) is 9.61. The standard InChI is InChI=1S/C16H24P.C5H5.Fe/c1-2-8-14(7-1)13-17(15-9-3-4-10-15)16-11-5-6-12-16;1-2-4-5-3-1;/h1-2,7-8,15-16H,3-6,9-13H2;1-5H;/q2*-1;+2. The molecule has 2 aliphatic carbocycles. The van der Waals surface area contributed by atoms with Crippen LogP contribution in [0.4, 0.5) is 0 Å². The van der Waals surface area contributed by atoms with Crippen LogP contribution >= 0.6 is 7.92 Å². The van der Waals surface area contributed by atoms with Crippen LogP contribution in [-0.4, -0.2) is 11.3 Å². The Morgan fingerprint density at radius 3 is 1.78 bits per heavy atom. The summed E-state index contributed by atoms with van der Waals surface area (Å²) < 4.78 is 0. The van der Waals surface area contributed by atoms with Crippen molar-refractivity contribution in [2.75, 3.05) is 0 Å². The molecule has 2 aromatic carbocycles. The molecule has 0 heterocycles. The van der Waals surface area contributed by atoms with Gasteiger partial charge in [-0.1, -0.05) is 33.6 Å². The van der Waals surface area contributed by atoms with Gasteiger partial charge in [0.15, 0.2) is 0 Å². The first-order chi connectivity index (χ1) is 10.9. The normalized spacial score (nSPS) is 18.7. The summed E-state index contributed by atoms with van der Waals surface area (Å²) in [5.74, 6) is 0. The van der Waals surface area contributed by atoms with Crippen LogP contribution in [-0.2, 0) is 23.2 Å². The molecule has 2 heteroatoms. The molecule has 0 aromatic heterocycles. The van der Waals surface area contributed by atoms with Gasteiger partial charge in [-0.25, -0.2) is 24.3 Å². The van der Waals surface area contributed by atoms with Gasteiger partial charge < -0.3 is 0 Å². The Balaban J connectivity index is 0.000000276. The first-order valence-electron chi connectivity index (χ1n) is 9.06. The molecule has 0 amide bonds. The van der Waals surface area contributed by atoms with Crippen LogP contribution < -0.4 is 0 Å². The van der Waals surface area contributed by atoms with Crippen molar-refractivity contribution in [3.8, 4) is 0 Å². The summed E-state index contributed by atoms with van der Waals surface area (Å²) in [5.41, 5.74) is 3.85. The van der Waals surface area contributed by atoms with Crippen molar-refractivity contribution in [1.29, 1.82) is 0 Å². The second-order valence-electron chi connectivity index (χ2n) is 6.80. The van der Waals surface area contributed by atoms with Crippen LogP contribution in [0.25, 0.3) is 0 Å². The first kappa shape index (κ1) is 19.0. The van der Waals surface area contributed by atoms with E-state index in [1.807, 2.05) is 30.3 Å². The van der Waals surface area contributed by atoms with E-state index >= 15 is 0 Å². The van der Waals surface area contributed by atoms with Gasteiger partial charge in [-0.3, -0.25) is 0 Å². The maximum absolute atomic E-state index is 2.35. The summed E-state index contributed by atoms with van der Waals surface area (Å²) in [6.07, 6.45) is 13.7. The molecule has 0 atom stereocenters. The van der Waals surface area contributed by atoms with Crippen LogP contribution in [0.2, 0.25) is 0 Å². The van der Waals surface area contributed by atoms with E-state index in [-0.39, 0.29) is 25.0 Å². The number of hydrogen-bond acceptors (Lipinski definition) is 0. The minimum atomic E-state index is 0. The molecule has 0 N–H and O–H groups in total. The Labute approximate surface area is 154 Å². The largest absolute Gasteiger partial charge is 2.00 e. The molecule has 0 bridgehead atoms. The fourth-order valence-electron chi connectivity index (χ4n) is 4.08. The van der Waals surface area contributed by atoms with Gasteiger partial charge in [-0.05, 0) is 43.2 Å². The molecule has 2 fully saturated rings. The third-order valence-corrected chi connectivity index (χ3v) is 8.88.